The summed E-state index contributed by atoms with van der Waals surface area (Å²) in [6, 6.07) is 0. The zero-order valence-corrected chi connectivity index (χ0v) is 16.0. The van der Waals surface area contributed by atoms with Gasteiger partial charge in [0, 0.05) is 29.6 Å². The Morgan fingerprint density at radius 1 is 1.00 bits per heavy atom. The normalized spacial score (nSPS) is 14.2. The number of unbranched alkanes of at least 4 members (excludes halogenated alkanes) is 5. The smallest absolute Gasteiger partial charge is 0.302 e. The second-order valence-electron chi connectivity index (χ2n) is 5.09. The molecule has 6 heteroatoms. The molecule has 0 bridgehead atoms. The minimum Gasteiger partial charge on any atom is -0.302 e. The third kappa shape index (κ3) is 17.1. The van der Waals surface area contributed by atoms with Crippen molar-refractivity contribution in [1.29, 1.82) is 0 Å². The molecule has 4 nitrogen and oxygen atoms in total. The van der Waals surface area contributed by atoms with Crippen LogP contribution < -0.4 is 0 Å². The molecule has 1 unspecified atom stereocenters. The van der Waals surface area contributed by atoms with E-state index >= 15 is 0 Å². The van der Waals surface area contributed by atoms with E-state index in [0.29, 0.717) is 12.5 Å². The molecule has 0 aliphatic rings. The minimum atomic E-state index is -3.81. The second-order valence-corrected chi connectivity index (χ2v) is 6.54. The number of rotatable bonds is 12. The summed E-state index contributed by atoms with van der Waals surface area (Å²) in [6.07, 6.45) is 7.53. The molecular weight excluding hydrogens is 274 g/mol. The van der Waals surface area contributed by atoms with Crippen LogP contribution in [0.15, 0.2) is 0 Å². The first-order chi connectivity index (χ1) is 8.48. The number of phosphoric acid groups is 1. The maximum atomic E-state index is 11.4. The maximum absolute atomic E-state index is 11.4. The standard InChI is InChI=1S/C13H29O4P.Na/c1-4-5-6-7-8-9-11-16-18(14,15)17-12-10-13(2)3;/h13H,4-12H2,1-3H3,(H,14,15);. The van der Waals surface area contributed by atoms with Crippen molar-refractivity contribution in [2.24, 2.45) is 5.92 Å². The Hall–Kier alpha value is 1.11. The predicted octanol–water partition coefficient (Wildman–Crippen LogP) is 4.15. The molecule has 0 fully saturated rings. The van der Waals surface area contributed by atoms with Gasteiger partial charge in [-0.3, -0.25) is 9.05 Å². The van der Waals surface area contributed by atoms with Crippen LogP contribution in [0, 0.1) is 5.92 Å². The van der Waals surface area contributed by atoms with E-state index in [1.54, 1.807) is 0 Å². The fourth-order valence-corrected chi connectivity index (χ4v) is 2.27. The van der Waals surface area contributed by atoms with Crippen molar-refractivity contribution in [3.63, 3.8) is 0 Å². The van der Waals surface area contributed by atoms with Crippen LogP contribution in [0.2, 0.25) is 0 Å². The van der Waals surface area contributed by atoms with Gasteiger partial charge in [-0.2, -0.15) is 0 Å². The zero-order valence-electron chi connectivity index (χ0n) is 13.1. The van der Waals surface area contributed by atoms with Gasteiger partial charge in [0.05, 0.1) is 13.2 Å². The molecule has 0 spiro atoms. The molecule has 1 N–H and O–H groups in total. The van der Waals surface area contributed by atoms with Gasteiger partial charge in [-0.05, 0) is 18.8 Å². The second kappa shape index (κ2) is 14.1. The third-order valence-corrected chi connectivity index (χ3v) is 3.72. The molecular formula is C13H29NaO4P. The van der Waals surface area contributed by atoms with E-state index < -0.39 is 7.82 Å². The van der Waals surface area contributed by atoms with Crippen LogP contribution in [-0.4, -0.2) is 47.7 Å². The molecule has 0 aliphatic heterocycles. The number of phosphoric ester groups is 1. The number of hydrogen-bond acceptors (Lipinski definition) is 3. The molecule has 0 saturated carbocycles. The van der Waals surface area contributed by atoms with Gasteiger partial charge in [0.25, 0.3) is 0 Å². The molecule has 1 radical (unpaired) electrons. The Kier molecular flexibility index (Phi) is 16.6. The first kappa shape index (κ1) is 22.4. The Morgan fingerprint density at radius 3 is 2.11 bits per heavy atom. The van der Waals surface area contributed by atoms with Gasteiger partial charge in [0.15, 0.2) is 0 Å². The summed E-state index contributed by atoms with van der Waals surface area (Å²) in [5.41, 5.74) is 0. The van der Waals surface area contributed by atoms with E-state index in [-0.39, 0.29) is 36.2 Å². The van der Waals surface area contributed by atoms with Gasteiger partial charge in [0.2, 0.25) is 0 Å². The Labute approximate surface area is 140 Å². The molecule has 0 heterocycles. The summed E-state index contributed by atoms with van der Waals surface area (Å²) in [5.74, 6) is 0.462. The van der Waals surface area contributed by atoms with Crippen molar-refractivity contribution >= 4 is 37.4 Å². The molecule has 0 aromatic carbocycles. The molecule has 111 valence electrons. The van der Waals surface area contributed by atoms with Gasteiger partial charge in [-0.25, -0.2) is 4.57 Å². The summed E-state index contributed by atoms with van der Waals surface area (Å²) in [5, 5.41) is 0. The van der Waals surface area contributed by atoms with Crippen LogP contribution in [0.3, 0.4) is 0 Å². The first-order valence-electron chi connectivity index (χ1n) is 7.10. The van der Waals surface area contributed by atoms with Crippen LogP contribution >= 0.6 is 7.82 Å². The summed E-state index contributed by atoms with van der Waals surface area (Å²) in [7, 11) is -3.81. The van der Waals surface area contributed by atoms with E-state index in [1.165, 1.54) is 25.7 Å². The third-order valence-electron chi connectivity index (χ3n) is 2.70. The minimum absolute atomic E-state index is 0. The van der Waals surface area contributed by atoms with E-state index in [9.17, 15) is 9.46 Å². The average molecular weight is 303 g/mol. The van der Waals surface area contributed by atoms with Gasteiger partial charge in [-0.1, -0.05) is 52.9 Å². The van der Waals surface area contributed by atoms with Crippen LogP contribution in [0.5, 0.6) is 0 Å². The van der Waals surface area contributed by atoms with Gasteiger partial charge in [-0.15, -0.1) is 0 Å². The van der Waals surface area contributed by atoms with Crippen LogP contribution in [0.4, 0.5) is 0 Å². The summed E-state index contributed by atoms with van der Waals surface area (Å²) < 4.78 is 21.2. The first-order valence-corrected chi connectivity index (χ1v) is 8.59. The van der Waals surface area contributed by atoms with Crippen molar-refractivity contribution < 1.29 is 18.5 Å². The average Bonchev–Trinajstić information content (AvgIpc) is 2.27. The summed E-state index contributed by atoms with van der Waals surface area (Å²) >= 11 is 0. The molecule has 0 saturated heterocycles. The molecule has 1 atom stereocenters. The molecule has 19 heavy (non-hydrogen) atoms. The van der Waals surface area contributed by atoms with Gasteiger partial charge in [0.1, 0.15) is 0 Å². The van der Waals surface area contributed by atoms with Crippen LogP contribution in [-0.2, 0) is 13.6 Å². The molecule has 0 aromatic rings. The Balaban J connectivity index is 0. The monoisotopic (exact) mass is 303 g/mol. The Morgan fingerprint density at radius 2 is 1.53 bits per heavy atom. The van der Waals surface area contributed by atoms with E-state index in [4.69, 9.17) is 9.05 Å². The zero-order chi connectivity index (χ0) is 13.9. The van der Waals surface area contributed by atoms with Crippen LogP contribution in [0.1, 0.15) is 65.7 Å². The Bertz CT molecular complexity index is 237. The molecule has 0 rings (SSSR count). The van der Waals surface area contributed by atoms with E-state index in [1.807, 2.05) is 13.8 Å². The van der Waals surface area contributed by atoms with Crippen molar-refractivity contribution in [2.75, 3.05) is 13.2 Å². The molecule has 0 aromatic heterocycles. The van der Waals surface area contributed by atoms with E-state index in [0.717, 1.165) is 19.3 Å². The van der Waals surface area contributed by atoms with Crippen molar-refractivity contribution in [1.82, 2.24) is 0 Å². The summed E-state index contributed by atoms with van der Waals surface area (Å²) in [4.78, 5) is 9.38. The van der Waals surface area contributed by atoms with Crippen molar-refractivity contribution in [3.05, 3.63) is 0 Å². The van der Waals surface area contributed by atoms with Gasteiger partial charge < -0.3 is 4.89 Å². The maximum Gasteiger partial charge on any atom is 0.472 e. The van der Waals surface area contributed by atoms with Gasteiger partial charge >= 0.3 is 7.82 Å². The molecule has 0 amide bonds. The topological polar surface area (TPSA) is 55.8 Å². The largest absolute Gasteiger partial charge is 0.472 e. The van der Waals surface area contributed by atoms with Crippen molar-refractivity contribution in [3.8, 4) is 0 Å². The van der Waals surface area contributed by atoms with Crippen molar-refractivity contribution in [2.45, 2.75) is 65.7 Å². The van der Waals surface area contributed by atoms with Crippen LogP contribution in [0.25, 0.3) is 0 Å². The fraction of sp³-hybridized carbons (Fsp3) is 1.00. The fourth-order valence-electron chi connectivity index (χ4n) is 1.50. The molecule has 0 aliphatic carbocycles. The number of hydrogen-bond donors (Lipinski definition) is 1. The quantitative estimate of drug-likeness (QED) is 0.334. The summed E-state index contributed by atoms with van der Waals surface area (Å²) in [6.45, 7) is 6.86. The predicted molar refractivity (Wildman–Crippen MR) is 80.3 cm³/mol. The van der Waals surface area contributed by atoms with E-state index in [2.05, 4.69) is 6.92 Å². The SMILES string of the molecule is CCCCCCCCOP(=O)(O)OCCC(C)C.[Na].